The van der Waals surface area contributed by atoms with E-state index in [9.17, 15) is 10.1 Å². The number of nitrogens with zero attached hydrogens (tertiary/aromatic N) is 3. The third-order valence-electron chi connectivity index (χ3n) is 2.82. The molecule has 1 aromatic heterocycles. The molecule has 0 aliphatic heterocycles. The zero-order valence-electron chi connectivity index (χ0n) is 11.5. The second-order valence-corrected chi connectivity index (χ2v) is 4.52. The fraction of sp³-hybridized carbons (Fsp3) is 0.231. The molecule has 0 radical (unpaired) electrons. The van der Waals surface area contributed by atoms with Crippen molar-refractivity contribution in [3.8, 4) is 11.6 Å². The summed E-state index contributed by atoms with van der Waals surface area (Å²) in [6, 6.07) is 4.12. The average Bonchev–Trinajstić information content (AvgIpc) is 2.46. The van der Waals surface area contributed by atoms with Crippen molar-refractivity contribution in [2.24, 2.45) is 0 Å². The van der Waals surface area contributed by atoms with Crippen LogP contribution in [0.15, 0.2) is 24.5 Å². The van der Waals surface area contributed by atoms with Crippen molar-refractivity contribution in [3.63, 3.8) is 0 Å². The molecular formula is C13H13ClN4O3. The van der Waals surface area contributed by atoms with Crippen molar-refractivity contribution in [2.45, 2.75) is 13.3 Å². The molecule has 2 aromatic rings. The maximum absolute atomic E-state index is 11.0. The Kier molecular flexibility index (Phi) is 4.54. The molecule has 0 aliphatic rings. The summed E-state index contributed by atoms with van der Waals surface area (Å²) in [5, 5.41) is 14.3. The second kappa shape index (κ2) is 6.36. The van der Waals surface area contributed by atoms with Crippen molar-refractivity contribution < 1.29 is 9.66 Å². The van der Waals surface area contributed by atoms with E-state index in [4.69, 9.17) is 16.3 Å². The number of anilines is 1. The SMILES string of the molecule is CCc1c(NC)ncnc1Oc1cc(Cl)ccc1[N+](=O)[O-]. The van der Waals surface area contributed by atoms with Gasteiger partial charge in [-0.15, -0.1) is 0 Å². The van der Waals surface area contributed by atoms with Crippen LogP contribution >= 0.6 is 11.6 Å². The van der Waals surface area contributed by atoms with Crippen LogP contribution in [-0.2, 0) is 6.42 Å². The van der Waals surface area contributed by atoms with Crippen LogP contribution in [-0.4, -0.2) is 21.9 Å². The summed E-state index contributed by atoms with van der Waals surface area (Å²) < 4.78 is 5.60. The van der Waals surface area contributed by atoms with Crippen LogP contribution in [0.25, 0.3) is 0 Å². The summed E-state index contributed by atoms with van der Waals surface area (Å²) in [6.07, 6.45) is 1.94. The molecule has 7 nitrogen and oxygen atoms in total. The maximum atomic E-state index is 11.0. The van der Waals surface area contributed by atoms with Gasteiger partial charge in [-0.2, -0.15) is 0 Å². The molecule has 0 saturated heterocycles. The molecule has 1 heterocycles. The topological polar surface area (TPSA) is 90.2 Å². The van der Waals surface area contributed by atoms with Crippen LogP contribution in [0.3, 0.4) is 0 Å². The smallest absolute Gasteiger partial charge is 0.311 e. The van der Waals surface area contributed by atoms with E-state index in [1.54, 1.807) is 7.05 Å². The van der Waals surface area contributed by atoms with Crippen molar-refractivity contribution in [1.82, 2.24) is 9.97 Å². The first-order valence-corrected chi connectivity index (χ1v) is 6.58. The van der Waals surface area contributed by atoms with E-state index in [-0.39, 0.29) is 17.3 Å². The Bertz CT molecular complexity index is 678. The molecule has 8 heteroatoms. The molecule has 0 fully saturated rings. The zero-order valence-corrected chi connectivity index (χ0v) is 12.2. The highest BCUT2D eigenvalue weighted by molar-refractivity contribution is 6.30. The predicted molar refractivity (Wildman–Crippen MR) is 79.1 cm³/mol. The minimum absolute atomic E-state index is 0.0444. The van der Waals surface area contributed by atoms with Gasteiger partial charge < -0.3 is 10.1 Å². The average molecular weight is 309 g/mol. The predicted octanol–water partition coefficient (Wildman–Crippen LogP) is 3.43. The van der Waals surface area contributed by atoms with Gasteiger partial charge >= 0.3 is 5.69 Å². The first kappa shape index (κ1) is 15.0. The van der Waals surface area contributed by atoms with E-state index in [2.05, 4.69) is 15.3 Å². The lowest BCUT2D eigenvalue weighted by Crippen LogP contribution is -2.03. The summed E-state index contributed by atoms with van der Waals surface area (Å²) in [5.41, 5.74) is 0.556. The number of halogens is 1. The molecule has 0 bridgehead atoms. The summed E-state index contributed by atoms with van der Waals surface area (Å²) in [7, 11) is 1.73. The summed E-state index contributed by atoms with van der Waals surface area (Å²) in [6.45, 7) is 1.92. The van der Waals surface area contributed by atoms with Crippen LogP contribution in [0.5, 0.6) is 11.6 Å². The van der Waals surface area contributed by atoms with Crippen molar-refractivity contribution >= 4 is 23.1 Å². The second-order valence-electron chi connectivity index (χ2n) is 4.08. The summed E-state index contributed by atoms with van der Waals surface area (Å²) >= 11 is 5.87. The number of hydrogen-bond acceptors (Lipinski definition) is 6. The number of ether oxygens (including phenoxy) is 1. The van der Waals surface area contributed by atoms with Gasteiger partial charge in [0.15, 0.2) is 0 Å². The van der Waals surface area contributed by atoms with Gasteiger partial charge in [0.25, 0.3) is 0 Å². The van der Waals surface area contributed by atoms with Gasteiger partial charge in [-0.05, 0) is 12.5 Å². The molecule has 0 saturated carbocycles. The number of nitro groups is 1. The van der Waals surface area contributed by atoms with Crippen LogP contribution in [0, 0.1) is 10.1 Å². The zero-order chi connectivity index (χ0) is 15.4. The standard InChI is InChI=1S/C13H13ClN4O3/c1-3-9-12(15-2)16-7-17-13(9)21-11-6-8(14)4-5-10(11)18(19)20/h4-7H,3H2,1-2H3,(H,15,16,17). The molecule has 1 aromatic carbocycles. The Morgan fingerprint density at radius 3 is 2.81 bits per heavy atom. The normalized spacial score (nSPS) is 10.2. The Morgan fingerprint density at radius 1 is 1.43 bits per heavy atom. The van der Waals surface area contributed by atoms with E-state index < -0.39 is 4.92 Å². The molecule has 0 aliphatic carbocycles. The van der Waals surface area contributed by atoms with Gasteiger partial charge in [0, 0.05) is 24.2 Å². The molecule has 21 heavy (non-hydrogen) atoms. The van der Waals surface area contributed by atoms with Crippen LogP contribution in [0.2, 0.25) is 5.02 Å². The van der Waals surface area contributed by atoms with Gasteiger partial charge in [0.1, 0.15) is 12.1 Å². The summed E-state index contributed by atoms with van der Waals surface area (Å²) in [5.74, 6) is 0.928. The van der Waals surface area contributed by atoms with Crippen molar-refractivity contribution in [1.29, 1.82) is 0 Å². The van der Waals surface area contributed by atoms with E-state index in [1.165, 1.54) is 24.5 Å². The number of benzene rings is 1. The Morgan fingerprint density at radius 2 is 2.19 bits per heavy atom. The van der Waals surface area contributed by atoms with Crippen LogP contribution in [0.1, 0.15) is 12.5 Å². The molecule has 0 atom stereocenters. The highest BCUT2D eigenvalue weighted by atomic mass is 35.5. The largest absolute Gasteiger partial charge is 0.431 e. The number of aromatic nitrogens is 2. The molecule has 0 unspecified atom stereocenters. The van der Waals surface area contributed by atoms with E-state index in [0.717, 1.165) is 5.56 Å². The quantitative estimate of drug-likeness (QED) is 0.672. The molecule has 0 spiro atoms. The van der Waals surface area contributed by atoms with Gasteiger partial charge in [-0.3, -0.25) is 10.1 Å². The highest BCUT2D eigenvalue weighted by Gasteiger charge is 2.19. The van der Waals surface area contributed by atoms with Gasteiger partial charge in [-0.1, -0.05) is 18.5 Å². The minimum Gasteiger partial charge on any atom is -0.431 e. The van der Waals surface area contributed by atoms with Gasteiger partial charge in [0.05, 0.1) is 10.5 Å². The molecule has 2 rings (SSSR count). The fourth-order valence-electron chi connectivity index (χ4n) is 1.84. The molecule has 110 valence electrons. The lowest BCUT2D eigenvalue weighted by molar-refractivity contribution is -0.385. The van der Waals surface area contributed by atoms with Crippen LogP contribution in [0.4, 0.5) is 11.5 Å². The Balaban J connectivity index is 2.47. The van der Waals surface area contributed by atoms with Crippen molar-refractivity contribution in [2.75, 3.05) is 12.4 Å². The minimum atomic E-state index is -0.530. The lowest BCUT2D eigenvalue weighted by Gasteiger charge is -2.12. The monoisotopic (exact) mass is 308 g/mol. The number of hydrogen-bond donors (Lipinski definition) is 1. The Hall–Kier alpha value is -2.41. The van der Waals surface area contributed by atoms with E-state index >= 15 is 0 Å². The third-order valence-corrected chi connectivity index (χ3v) is 3.06. The van der Waals surface area contributed by atoms with Gasteiger partial charge in [-0.25, -0.2) is 9.97 Å². The fourth-order valence-corrected chi connectivity index (χ4v) is 2.01. The first-order chi connectivity index (χ1) is 10.1. The molecule has 0 amide bonds. The number of nitro benzene ring substituents is 1. The highest BCUT2D eigenvalue weighted by Crippen LogP contribution is 2.35. The first-order valence-electron chi connectivity index (χ1n) is 6.20. The van der Waals surface area contributed by atoms with E-state index in [1.807, 2.05) is 6.92 Å². The molecule has 1 N–H and O–H groups in total. The van der Waals surface area contributed by atoms with Crippen molar-refractivity contribution in [3.05, 3.63) is 45.2 Å². The molecular weight excluding hydrogens is 296 g/mol. The number of nitrogens with one attached hydrogen (secondary N) is 1. The Labute approximate surface area is 126 Å². The maximum Gasteiger partial charge on any atom is 0.311 e. The van der Waals surface area contributed by atoms with Crippen LogP contribution < -0.4 is 10.1 Å². The van der Waals surface area contributed by atoms with E-state index in [0.29, 0.717) is 17.3 Å². The number of rotatable bonds is 5. The third kappa shape index (κ3) is 3.19. The summed E-state index contributed by atoms with van der Waals surface area (Å²) in [4.78, 5) is 18.6. The van der Waals surface area contributed by atoms with Gasteiger partial charge in [0.2, 0.25) is 11.6 Å². The lowest BCUT2D eigenvalue weighted by atomic mass is 10.2.